The topological polar surface area (TPSA) is 150 Å². The van der Waals surface area contributed by atoms with Crippen molar-refractivity contribution in [3.05, 3.63) is 156 Å². The van der Waals surface area contributed by atoms with Gasteiger partial charge in [-0.3, -0.25) is 19.0 Å². The van der Waals surface area contributed by atoms with Crippen LogP contribution in [0.2, 0.25) is 0 Å². The van der Waals surface area contributed by atoms with Gasteiger partial charge in [-0.15, -0.1) is 10.2 Å². The lowest BCUT2D eigenvalue weighted by Gasteiger charge is -2.17. The molecule has 2 aromatic heterocycles. The summed E-state index contributed by atoms with van der Waals surface area (Å²) < 4.78 is 3.63. The predicted octanol–water partition coefficient (Wildman–Crippen LogP) is 8.09. The molecule has 6 aromatic carbocycles. The van der Waals surface area contributed by atoms with E-state index in [1.807, 2.05) is 111 Å². The van der Waals surface area contributed by atoms with Gasteiger partial charge in [-0.05, 0) is 137 Å². The summed E-state index contributed by atoms with van der Waals surface area (Å²) in [4.78, 5) is 30.3. The lowest BCUT2D eigenvalue weighted by molar-refractivity contribution is 0.0942. The van der Waals surface area contributed by atoms with Crippen LogP contribution in [0.25, 0.3) is 32.7 Å². The molecular formula is C50H54N12O2. The van der Waals surface area contributed by atoms with E-state index < -0.39 is 0 Å². The molecule has 326 valence electrons. The molecule has 0 atom stereocenters. The molecule has 4 N–H and O–H groups in total. The predicted molar refractivity (Wildman–Crippen MR) is 255 cm³/mol. The van der Waals surface area contributed by atoms with Gasteiger partial charge in [0.05, 0.1) is 25.5 Å². The van der Waals surface area contributed by atoms with Gasteiger partial charge in [0.25, 0.3) is 11.8 Å². The van der Waals surface area contributed by atoms with Crippen molar-refractivity contribution in [2.45, 2.75) is 39.0 Å². The number of rotatable bonds is 19. The van der Waals surface area contributed by atoms with E-state index in [-0.39, 0.29) is 11.8 Å². The third-order valence-electron chi connectivity index (χ3n) is 11.0. The van der Waals surface area contributed by atoms with Crippen LogP contribution < -0.4 is 21.3 Å². The van der Waals surface area contributed by atoms with Crippen molar-refractivity contribution >= 4 is 56.1 Å². The Balaban J connectivity index is 0.912. The van der Waals surface area contributed by atoms with Crippen molar-refractivity contribution < 1.29 is 9.59 Å². The summed E-state index contributed by atoms with van der Waals surface area (Å²) in [7, 11) is 8.19. The fraction of sp³-hybridized carbons (Fsp3) is 0.240. The Morgan fingerprint density at radius 1 is 0.500 bits per heavy atom. The van der Waals surface area contributed by atoms with Crippen molar-refractivity contribution in [1.29, 1.82) is 0 Å². The fourth-order valence-corrected chi connectivity index (χ4v) is 7.71. The summed E-state index contributed by atoms with van der Waals surface area (Å²) in [5, 5.41) is 34.3. The highest BCUT2D eigenvalue weighted by molar-refractivity contribution is 6.11. The number of hydrogen-bond acceptors (Lipinski definition) is 10. The molecule has 0 radical (unpaired) electrons. The van der Waals surface area contributed by atoms with E-state index in [1.165, 1.54) is 0 Å². The zero-order valence-corrected chi connectivity index (χ0v) is 36.8. The number of hydrogen-bond donors (Lipinski definition) is 4. The Morgan fingerprint density at radius 2 is 0.891 bits per heavy atom. The molecule has 0 aliphatic heterocycles. The van der Waals surface area contributed by atoms with Gasteiger partial charge in [0, 0.05) is 57.7 Å². The van der Waals surface area contributed by atoms with Crippen LogP contribution in [0.5, 0.6) is 0 Å². The van der Waals surface area contributed by atoms with Gasteiger partial charge >= 0.3 is 0 Å². The lowest BCUT2D eigenvalue weighted by Crippen LogP contribution is -2.22. The molecule has 0 aliphatic carbocycles. The smallest absolute Gasteiger partial charge is 0.251 e. The number of aromatic nitrogens is 6. The Hall–Kier alpha value is -7.42. The third-order valence-corrected chi connectivity index (χ3v) is 11.0. The molecule has 2 heterocycles. The Kier molecular flexibility index (Phi) is 13.6. The fourth-order valence-electron chi connectivity index (χ4n) is 7.71. The molecule has 0 bridgehead atoms. The summed E-state index contributed by atoms with van der Waals surface area (Å²) >= 11 is 0. The molecule has 64 heavy (non-hydrogen) atoms. The molecule has 14 nitrogen and oxygen atoms in total. The van der Waals surface area contributed by atoms with Gasteiger partial charge in [0.2, 0.25) is 0 Å². The Bertz CT molecular complexity index is 2650. The van der Waals surface area contributed by atoms with Crippen LogP contribution in [0.15, 0.2) is 134 Å². The van der Waals surface area contributed by atoms with E-state index in [9.17, 15) is 9.59 Å². The summed E-state index contributed by atoms with van der Waals surface area (Å²) in [6, 6.07) is 40.3. The first-order valence-electron chi connectivity index (χ1n) is 21.6. The zero-order valence-electron chi connectivity index (χ0n) is 36.8. The molecule has 8 rings (SSSR count). The standard InChI is InChI=1S/C50H54N12O2/c1-59(2)27-9-29-61-33-39(55-57-61)31-51-49(63)35-15-19-37(20-16-35)53-47-25-23-43(41-11-5-7-13-45(41)47)44-24-26-48(46-14-8-6-12-42(44)46)54-38-21-17-36(18-22-38)50(64)52-32-40-34-62(58-56-40)30-10-28-60(3)4/h5-8,11-26,33-34,53-54H,9-10,27-32H2,1-4H3,(H,51,63)(H,52,64). The number of aryl methyl sites for hydroxylation is 2. The molecule has 0 aliphatic rings. The number of amides is 2. The second-order valence-electron chi connectivity index (χ2n) is 16.4. The first kappa shape index (κ1) is 43.2. The number of benzene rings is 6. The summed E-state index contributed by atoms with van der Waals surface area (Å²) in [5.74, 6) is -0.342. The molecule has 0 saturated carbocycles. The molecule has 0 unspecified atom stereocenters. The first-order chi connectivity index (χ1) is 31.2. The number of anilines is 4. The van der Waals surface area contributed by atoms with Crippen LogP contribution in [0.1, 0.15) is 44.9 Å². The van der Waals surface area contributed by atoms with Gasteiger partial charge in [-0.1, -0.05) is 71.1 Å². The Morgan fingerprint density at radius 3 is 1.28 bits per heavy atom. The second kappa shape index (κ2) is 20.2. The van der Waals surface area contributed by atoms with Crippen LogP contribution in [-0.2, 0) is 26.2 Å². The van der Waals surface area contributed by atoms with Gasteiger partial charge in [-0.25, -0.2) is 0 Å². The number of nitrogens with one attached hydrogen (secondary N) is 4. The van der Waals surface area contributed by atoms with E-state index in [1.54, 1.807) is 0 Å². The minimum Gasteiger partial charge on any atom is -0.355 e. The molecule has 14 heteroatoms. The van der Waals surface area contributed by atoms with Crippen molar-refractivity contribution in [2.24, 2.45) is 0 Å². The number of fused-ring (bicyclic) bond motifs is 2. The number of nitrogens with zero attached hydrogens (tertiary/aromatic N) is 8. The molecular weight excluding hydrogens is 801 g/mol. The highest BCUT2D eigenvalue weighted by atomic mass is 16.2. The van der Waals surface area contributed by atoms with Crippen LogP contribution in [0, 0.1) is 0 Å². The second-order valence-corrected chi connectivity index (χ2v) is 16.4. The van der Waals surface area contributed by atoms with Crippen LogP contribution >= 0.6 is 0 Å². The first-order valence-corrected chi connectivity index (χ1v) is 21.6. The molecule has 0 spiro atoms. The molecule has 8 aromatic rings. The van der Waals surface area contributed by atoms with Gasteiger partial charge < -0.3 is 31.1 Å². The number of carbonyl (C=O) groups is 2. The largest absolute Gasteiger partial charge is 0.355 e. The Labute approximate surface area is 373 Å². The zero-order chi connectivity index (χ0) is 44.4. The SMILES string of the molecule is CN(C)CCCn1cc(CNC(=O)c2ccc(Nc3ccc(-c4ccc(Nc5ccc(C(=O)NCc6cn(CCCN(C)C)nn6)cc5)c5ccccc45)c4ccccc34)cc2)nn1. The van der Waals surface area contributed by atoms with E-state index >= 15 is 0 Å². The highest BCUT2D eigenvalue weighted by Gasteiger charge is 2.15. The molecule has 0 fully saturated rings. The highest BCUT2D eigenvalue weighted by Crippen LogP contribution is 2.40. The van der Waals surface area contributed by atoms with Crippen molar-refractivity contribution in [1.82, 2.24) is 50.4 Å². The summed E-state index contributed by atoms with van der Waals surface area (Å²) in [6.07, 6.45) is 5.71. The minimum atomic E-state index is -0.171. The van der Waals surface area contributed by atoms with E-state index in [0.29, 0.717) is 24.2 Å². The minimum absolute atomic E-state index is 0.171. The summed E-state index contributed by atoms with van der Waals surface area (Å²) in [6.45, 7) is 4.12. The number of carbonyl (C=O) groups excluding carboxylic acids is 2. The van der Waals surface area contributed by atoms with E-state index in [4.69, 9.17) is 0 Å². The van der Waals surface area contributed by atoms with Gasteiger partial charge in [-0.2, -0.15) is 0 Å². The van der Waals surface area contributed by atoms with Crippen LogP contribution in [0.4, 0.5) is 22.7 Å². The maximum atomic E-state index is 13.0. The van der Waals surface area contributed by atoms with Crippen molar-refractivity contribution in [2.75, 3.05) is 51.9 Å². The quantitative estimate of drug-likeness (QED) is 0.0629. The average Bonchev–Trinajstić information content (AvgIpc) is 3.97. The van der Waals surface area contributed by atoms with E-state index in [2.05, 4.69) is 112 Å². The van der Waals surface area contributed by atoms with Crippen LogP contribution in [-0.4, -0.2) is 92.9 Å². The normalized spacial score (nSPS) is 11.4. The average molecular weight is 855 g/mol. The maximum absolute atomic E-state index is 13.0. The third kappa shape index (κ3) is 10.8. The van der Waals surface area contributed by atoms with Gasteiger partial charge in [0.15, 0.2) is 0 Å². The maximum Gasteiger partial charge on any atom is 0.251 e. The molecule has 2 amide bonds. The monoisotopic (exact) mass is 854 g/mol. The van der Waals surface area contributed by atoms with E-state index in [0.717, 1.165) is 106 Å². The van der Waals surface area contributed by atoms with Crippen molar-refractivity contribution in [3.8, 4) is 11.1 Å². The summed E-state index contributed by atoms with van der Waals surface area (Å²) in [5.41, 5.74) is 8.47. The molecule has 0 saturated heterocycles. The van der Waals surface area contributed by atoms with Gasteiger partial charge in [0.1, 0.15) is 11.4 Å². The lowest BCUT2D eigenvalue weighted by atomic mass is 9.92. The van der Waals surface area contributed by atoms with Crippen molar-refractivity contribution in [3.63, 3.8) is 0 Å². The van der Waals surface area contributed by atoms with Crippen LogP contribution in [0.3, 0.4) is 0 Å².